The topological polar surface area (TPSA) is 26.0 Å². The lowest BCUT2D eigenvalue weighted by Gasteiger charge is -1.91. The van der Waals surface area contributed by atoms with Crippen molar-refractivity contribution in [3.05, 3.63) is 23.8 Å². The summed E-state index contributed by atoms with van der Waals surface area (Å²) in [4.78, 5) is 4.32. The van der Waals surface area contributed by atoms with E-state index in [1.807, 2.05) is 24.5 Å². The van der Waals surface area contributed by atoms with E-state index in [4.69, 9.17) is 4.42 Å². The molecular weight excluding hydrogens is 250 g/mol. The number of fused-ring (bicyclic) bond motifs is 1. The average molecular weight is 258 g/mol. The summed E-state index contributed by atoms with van der Waals surface area (Å²) in [6.45, 7) is 0. The van der Waals surface area contributed by atoms with Crippen molar-refractivity contribution >= 4 is 38.8 Å². The minimum Gasteiger partial charge on any atom is -0.431 e. The van der Waals surface area contributed by atoms with Crippen LogP contribution >= 0.6 is 27.7 Å². The summed E-state index contributed by atoms with van der Waals surface area (Å²) < 4.78 is 5.45. The minimum atomic E-state index is 0.724. The van der Waals surface area contributed by atoms with Crippen molar-refractivity contribution in [2.45, 2.75) is 10.6 Å². The van der Waals surface area contributed by atoms with E-state index in [9.17, 15) is 0 Å². The molecule has 2 rings (SSSR count). The number of oxazole rings is 1. The zero-order chi connectivity index (χ0) is 9.26. The van der Waals surface area contributed by atoms with Crippen molar-refractivity contribution in [2.24, 2.45) is 0 Å². The zero-order valence-corrected chi connectivity index (χ0v) is 9.48. The van der Waals surface area contributed by atoms with E-state index in [2.05, 4.69) is 20.9 Å². The average Bonchev–Trinajstić information content (AvgIpc) is 2.58. The number of nitrogens with zero attached hydrogens (tertiary/aromatic N) is 1. The molecule has 0 fully saturated rings. The molecule has 2 aromatic rings. The summed E-state index contributed by atoms with van der Waals surface area (Å²) in [7, 11) is 0. The fourth-order valence-corrected chi connectivity index (χ4v) is 1.83. The standard InChI is InChI=1S/C9H8BrNOS/c1-13-9-11-7-4-6(5-10)2-3-8(7)12-9/h2-4H,5H2,1H3. The van der Waals surface area contributed by atoms with Gasteiger partial charge in [0.05, 0.1) is 0 Å². The maximum Gasteiger partial charge on any atom is 0.256 e. The Labute approximate surface area is 88.8 Å². The Morgan fingerprint density at radius 1 is 1.54 bits per heavy atom. The van der Waals surface area contributed by atoms with Crippen LogP contribution in [0, 0.1) is 0 Å². The van der Waals surface area contributed by atoms with Crippen LogP contribution in [0.1, 0.15) is 5.56 Å². The van der Waals surface area contributed by atoms with Gasteiger partial charge < -0.3 is 4.42 Å². The third-order valence-electron chi connectivity index (χ3n) is 1.76. The van der Waals surface area contributed by atoms with Gasteiger partial charge in [-0.25, -0.2) is 4.98 Å². The van der Waals surface area contributed by atoms with Crippen LogP contribution < -0.4 is 0 Å². The molecule has 0 aliphatic carbocycles. The number of thioether (sulfide) groups is 1. The Morgan fingerprint density at radius 2 is 2.38 bits per heavy atom. The van der Waals surface area contributed by atoms with Crippen molar-refractivity contribution in [1.29, 1.82) is 0 Å². The van der Waals surface area contributed by atoms with Crippen LogP contribution in [0.25, 0.3) is 11.1 Å². The summed E-state index contributed by atoms with van der Waals surface area (Å²) >= 11 is 4.92. The highest BCUT2D eigenvalue weighted by Crippen LogP contribution is 2.22. The van der Waals surface area contributed by atoms with Gasteiger partial charge in [0.25, 0.3) is 5.22 Å². The van der Waals surface area contributed by atoms with Gasteiger partial charge in [0, 0.05) is 5.33 Å². The van der Waals surface area contributed by atoms with Crippen LogP contribution in [-0.4, -0.2) is 11.2 Å². The Bertz CT molecular complexity index is 424. The third-order valence-corrected chi connectivity index (χ3v) is 2.93. The van der Waals surface area contributed by atoms with Crippen LogP contribution in [0.2, 0.25) is 0 Å². The summed E-state index contributed by atoms with van der Waals surface area (Å²) in [5.41, 5.74) is 3.00. The molecule has 0 radical (unpaired) electrons. The fraction of sp³-hybridized carbons (Fsp3) is 0.222. The van der Waals surface area contributed by atoms with Crippen molar-refractivity contribution in [2.75, 3.05) is 6.26 Å². The molecule has 0 saturated carbocycles. The minimum absolute atomic E-state index is 0.724. The predicted molar refractivity (Wildman–Crippen MR) is 58.4 cm³/mol. The fourth-order valence-electron chi connectivity index (χ4n) is 1.12. The Balaban J connectivity index is 2.57. The molecule has 0 atom stereocenters. The normalized spacial score (nSPS) is 10.9. The first-order chi connectivity index (χ1) is 6.33. The van der Waals surface area contributed by atoms with E-state index < -0.39 is 0 Å². The Kier molecular flexibility index (Phi) is 2.60. The van der Waals surface area contributed by atoms with Crippen LogP contribution in [0.3, 0.4) is 0 Å². The number of hydrogen-bond donors (Lipinski definition) is 0. The first kappa shape index (κ1) is 9.09. The van der Waals surface area contributed by atoms with Gasteiger partial charge in [-0.3, -0.25) is 0 Å². The SMILES string of the molecule is CSc1nc2cc(CBr)ccc2o1. The second-order valence-electron chi connectivity index (χ2n) is 2.62. The van der Waals surface area contributed by atoms with Gasteiger partial charge in [0.2, 0.25) is 0 Å². The van der Waals surface area contributed by atoms with Gasteiger partial charge in [0.15, 0.2) is 5.58 Å². The Morgan fingerprint density at radius 3 is 3.08 bits per heavy atom. The first-order valence-electron chi connectivity index (χ1n) is 3.83. The van der Waals surface area contributed by atoms with Gasteiger partial charge in [0.1, 0.15) is 5.52 Å². The van der Waals surface area contributed by atoms with Gasteiger partial charge in [-0.05, 0) is 24.0 Å². The van der Waals surface area contributed by atoms with E-state index in [-0.39, 0.29) is 0 Å². The van der Waals surface area contributed by atoms with Crippen molar-refractivity contribution in [1.82, 2.24) is 4.98 Å². The molecule has 0 aliphatic heterocycles. The quantitative estimate of drug-likeness (QED) is 0.609. The molecular formula is C9H8BrNOS. The maximum atomic E-state index is 5.45. The van der Waals surface area contributed by atoms with Crippen molar-refractivity contribution < 1.29 is 4.42 Å². The van der Waals surface area contributed by atoms with E-state index in [1.165, 1.54) is 17.3 Å². The smallest absolute Gasteiger partial charge is 0.256 e. The van der Waals surface area contributed by atoms with Crippen molar-refractivity contribution in [3.8, 4) is 0 Å². The molecule has 4 heteroatoms. The monoisotopic (exact) mass is 257 g/mol. The van der Waals surface area contributed by atoms with E-state index in [1.54, 1.807) is 0 Å². The molecule has 1 aromatic heterocycles. The summed E-state index contributed by atoms with van der Waals surface area (Å²) in [5.74, 6) is 0. The molecule has 0 spiro atoms. The predicted octanol–water partition coefficient (Wildman–Crippen LogP) is 3.44. The highest BCUT2D eigenvalue weighted by atomic mass is 79.9. The van der Waals surface area contributed by atoms with Gasteiger partial charge in [-0.2, -0.15) is 0 Å². The van der Waals surface area contributed by atoms with Crippen LogP contribution in [0.5, 0.6) is 0 Å². The first-order valence-corrected chi connectivity index (χ1v) is 6.17. The number of rotatable bonds is 2. The van der Waals surface area contributed by atoms with E-state index in [0.29, 0.717) is 0 Å². The molecule has 0 bridgehead atoms. The van der Waals surface area contributed by atoms with Crippen LogP contribution in [0.4, 0.5) is 0 Å². The molecule has 1 aromatic carbocycles. The summed E-state index contributed by atoms with van der Waals surface area (Å²) in [5, 5.41) is 1.58. The van der Waals surface area contributed by atoms with Gasteiger partial charge >= 0.3 is 0 Å². The van der Waals surface area contributed by atoms with Crippen molar-refractivity contribution in [3.63, 3.8) is 0 Å². The molecule has 0 saturated heterocycles. The van der Waals surface area contributed by atoms with Crippen LogP contribution in [-0.2, 0) is 5.33 Å². The number of hydrogen-bond acceptors (Lipinski definition) is 3. The highest BCUT2D eigenvalue weighted by Gasteiger charge is 2.04. The largest absolute Gasteiger partial charge is 0.431 e. The second-order valence-corrected chi connectivity index (χ2v) is 3.94. The molecule has 0 aliphatic rings. The number of benzene rings is 1. The molecule has 0 N–H and O–H groups in total. The second kappa shape index (κ2) is 3.72. The lowest BCUT2D eigenvalue weighted by molar-refractivity contribution is 0.490. The molecule has 0 amide bonds. The van der Waals surface area contributed by atoms with E-state index >= 15 is 0 Å². The lowest BCUT2D eigenvalue weighted by Crippen LogP contribution is -1.75. The highest BCUT2D eigenvalue weighted by molar-refractivity contribution is 9.08. The number of aromatic nitrogens is 1. The molecule has 1 heterocycles. The zero-order valence-electron chi connectivity index (χ0n) is 7.08. The summed E-state index contributed by atoms with van der Waals surface area (Å²) in [6, 6.07) is 6.03. The van der Waals surface area contributed by atoms with Gasteiger partial charge in [-0.15, -0.1) is 0 Å². The van der Waals surface area contributed by atoms with Crippen LogP contribution in [0.15, 0.2) is 27.8 Å². The number of halogens is 1. The lowest BCUT2D eigenvalue weighted by atomic mass is 10.2. The molecule has 0 unspecified atom stereocenters. The summed E-state index contributed by atoms with van der Waals surface area (Å²) in [6.07, 6.45) is 1.95. The molecule has 68 valence electrons. The maximum absolute atomic E-state index is 5.45. The third kappa shape index (κ3) is 1.74. The molecule has 2 nitrogen and oxygen atoms in total. The number of alkyl halides is 1. The van der Waals surface area contributed by atoms with Gasteiger partial charge in [-0.1, -0.05) is 33.8 Å². The Hall–Kier alpha value is -0.480. The van der Waals surface area contributed by atoms with E-state index in [0.717, 1.165) is 21.7 Å². The molecule has 13 heavy (non-hydrogen) atoms.